The number of anilines is 2. The maximum absolute atomic E-state index is 13.4. The Bertz CT molecular complexity index is 668. The number of hydrogen-bond acceptors (Lipinski definition) is 5. The van der Waals surface area contributed by atoms with Gasteiger partial charge in [0.2, 0.25) is 5.95 Å². The number of amides is 2. The summed E-state index contributed by atoms with van der Waals surface area (Å²) in [6.45, 7) is 1.51. The molecule has 2 N–H and O–H groups in total. The van der Waals surface area contributed by atoms with Crippen molar-refractivity contribution in [3.05, 3.63) is 42.9 Å². The van der Waals surface area contributed by atoms with Crippen LogP contribution < -0.4 is 15.5 Å². The van der Waals surface area contributed by atoms with Crippen LogP contribution in [-0.4, -0.2) is 40.1 Å². The number of halogens is 1. The lowest BCUT2D eigenvalue weighted by Gasteiger charge is -2.33. The fourth-order valence-electron chi connectivity index (χ4n) is 2.58. The lowest BCUT2D eigenvalue weighted by atomic mass is 10.1. The van der Waals surface area contributed by atoms with E-state index in [4.69, 9.17) is 0 Å². The third-order valence-corrected chi connectivity index (χ3v) is 3.64. The summed E-state index contributed by atoms with van der Waals surface area (Å²) in [5.74, 6) is 0.0881. The van der Waals surface area contributed by atoms with Crippen molar-refractivity contribution in [2.45, 2.75) is 18.9 Å². The first kappa shape index (κ1) is 15.1. The first-order chi connectivity index (χ1) is 11.2. The van der Waals surface area contributed by atoms with Gasteiger partial charge >= 0.3 is 6.03 Å². The number of carbonyl (C=O) groups excluding carboxylic acids is 1. The predicted octanol–water partition coefficient (Wildman–Crippen LogP) is 1.80. The highest BCUT2D eigenvalue weighted by molar-refractivity contribution is 5.89. The van der Waals surface area contributed by atoms with Crippen molar-refractivity contribution in [3.8, 4) is 0 Å². The zero-order chi connectivity index (χ0) is 16.1. The Kier molecular flexibility index (Phi) is 4.60. The summed E-state index contributed by atoms with van der Waals surface area (Å²) in [6, 6.07) is 2.55. The molecule has 1 saturated heterocycles. The molecule has 2 amide bonds. The van der Waals surface area contributed by atoms with Crippen molar-refractivity contribution in [1.29, 1.82) is 0 Å². The lowest BCUT2D eigenvalue weighted by Crippen LogP contribution is -2.49. The second kappa shape index (κ2) is 6.99. The standard InChI is InChI=1S/C15H17FN6O/c16-14-12(4-1-5-19-14)21-15(23)20-11-3-2-8-22(10-11)13-9-17-6-7-18-13/h1,4-7,9,11H,2-3,8,10H2,(H2,20,21,23). The van der Waals surface area contributed by atoms with Gasteiger partial charge in [0.25, 0.3) is 0 Å². The molecular formula is C15H17FN6O. The molecule has 2 aromatic heterocycles. The van der Waals surface area contributed by atoms with Crippen molar-refractivity contribution < 1.29 is 9.18 Å². The summed E-state index contributed by atoms with van der Waals surface area (Å²) >= 11 is 0. The van der Waals surface area contributed by atoms with E-state index in [9.17, 15) is 9.18 Å². The van der Waals surface area contributed by atoms with E-state index >= 15 is 0 Å². The summed E-state index contributed by atoms with van der Waals surface area (Å²) in [5.41, 5.74) is 0.0617. The number of hydrogen-bond donors (Lipinski definition) is 2. The van der Waals surface area contributed by atoms with Crippen molar-refractivity contribution in [2.24, 2.45) is 0 Å². The fraction of sp³-hybridized carbons (Fsp3) is 0.333. The van der Waals surface area contributed by atoms with Crippen LogP contribution in [0.3, 0.4) is 0 Å². The van der Waals surface area contributed by atoms with E-state index in [0.29, 0.717) is 6.54 Å². The van der Waals surface area contributed by atoms with Crippen LogP contribution in [0.15, 0.2) is 36.9 Å². The molecule has 3 heterocycles. The zero-order valence-corrected chi connectivity index (χ0v) is 12.4. The third kappa shape index (κ3) is 3.91. The molecule has 3 rings (SSSR count). The van der Waals surface area contributed by atoms with Gasteiger partial charge in [0.1, 0.15) is 5.82 Å². The number of carbonyl (C=O) groups is 1. The topological polar surface area (TPSA) is 83.0 Å². The van der Waals surface area contributed by atoms with E-state index in [1.54, 1.807) is 24.7 Å². The van der Waals surface area contributed by atoms with Gasteiger partial charge in [0.15, 0.2) is 0 Å². The van der Waals surface area contributed by atoms with Gasteiger partial charge in [-0.15, -0.1) is 0 Å². The zero-order valence-electron chi connectivity index (χ0n) is 12.4. The molecule has 1 aliphatic rings. The first-order valence-corrected chi connectivity index (χ1v) is 7.41. The molecule has 7 nitrogen and oxygen atoms in total. The highest BCUT2D eigenvalue weighted by Crippen LogP contribution is 2.17. The number of nitrogens with zero attached hydrogens (tertiary/aromatic N) is 4. The normalized spacial score (nSPS) is 17.6. The van der Waals surface area contributed by atoms with E-state index in [1.165, 1.54) is 12.3 Å². The monoisotopic (exact) mass is 316 g/mol. The Morgan fingerprint density at radius 1 is 1.30 bits per heavy atom. The minimum atomic E-state index is -0.701. The van der Waals surface area contributed by atoms with Gasteiger partial charge in [-0.3, -0.25) is 4.98 Å². The average Bonchev–Trinajstić information content (AvgIpc) is 2.58. The van der Waals surface area contributed by atoms with Crippen LogP contribution in [0.4, 0.5) is 20.7 Å². The van der Waals surface area contributed by atoms with Crippen LogP contribution in [0.1, 0.15) is 12.8 Å². The Labute approximate surface area is 133 Å². The molecule has 2 aromatic rings. The highest BCUT2D eigenvalue weighted by Gasteiger charge is 2.22. The smallest absolute Gasteiger partial charge is 0.319 e. The van der Waals surface area contributed by atoms with Crippen LogP contribution in [0.25, 0.3) is 0 Å². The van der Waals surface area contributed by atoms with Crippen LogP contribution in [-0.2, 0) is 0 Å². The molecule has 0 bridgehead atoms. The minimum Gasteiger partial charge on any atom is -0.353 e. The van der Waals surface area contributed by atoms with Crippen molar-refractivity contribution >= 4 is 17.5 Å². The van der Waals surface area contributed by atoms with Gasteiger partial charge in [0.05, 0.1) is 11.9 Å². The molecule has 23 heavy (non-hydrogen) atoms. The molecule has 0 saturated carbocycles. The molecule has 0 radical (unpaired) electrons. The van der Waals surface area contributed by atoms with Gasteiger partial charge in [0, 0.05) is 37.7 Å². The summed E-state index contributed by atoms with van der Waals surface area (Å²) in [5, 5.41) is 5.34. The molecule has 120 valence electrons. The van der Waals surface area contributed by atoms with Crippen LogP contribution in [0, 0.1) is 5.95 Å². The maximum Gasteiger partial charge on any atom is 0.319 e. The van der Waals surface area contributed by atoms with Gasteiger partial charge in [-0.05, 0) is 25.0 Å². The summed E-state index contributed by atoms with van der Waals surface area (Å²) < 4.78 is 13.4. The number of pyridine rings is 1. The first-order valence-electron chi connectivity index (χ1n) is 7.41. The number of urea groups is 1. The maximum atomic E-state index is 13.4. The fourth-order valence-corrected chi connectivity index (χ4v) is 2.58. The second-order valence-electron chi connectivity index (χ2n) is 5.29. The second-order valence-corrected chi connectivity index (χ2v) is 5.29. The molecule has 0 spiro atoms. The summed E-state index contributed by atoms with van der Waals surface area (Å²) in [7, 11) is 0. The number of rotatable bonds is 3. The molecular weight excluding hydrogens is 299 g/mol. The highest BCUT2D eigenvalue weighted by atomic mass is 19.1. The van der Waals surface area contributed by atoms with E-state index in [-0.39, 0.29) is 11.7 Å². The Balaban J connectivity index is 1.57. The molecule has 8 heteroatoms. The number of aromatic nitrogens is 3. The van der Waals surface area contributed by atoms with Gasteiger partial charge in [-0.2, -0.15) is 4.39 Å². The third-order valence-electron chi connectivity index (χ3n) is 3.64. The van der Waals surface area contributed by atoms with E-state index < -0.39 is 12.0 Å². The number of nitrogens with one attached hydrogen (secondary N) is 2. The quantitative estimate of drug-likeness (QED) is 0.844. The largest absolute Gasteiger partial charge is 0.353 e. The van der Waals surface area contributed by atoms with E-state index in [0.717, 1.165) is 25.2 Å². The van der Waals surface area contributed by atoms with Gasteiger partial charge < -0.3 is 15.5 Å². The summed E-state index contributed by atoms with van der Waals surface area (Å²) in [6.07, 6.45) is 8.09. The van der Waals surface area contributed by atoms with Gasteiger partial charge in [-0.25, -0.2) is 14.8 Å². The Morgan fingerprint density at radius 3 is 3.00 bits per heavy atom. The molecule has 1 fully saturated rings. The average molecular weight is 316 g/mol. The van der Waals surface area contributed by atoms with Gasteiger partial charge in [-0.1, -0.05) is 0 Å². The number of piperidine rings is 1. The Hall–Kier alpha value is -2.77. The predicted molar refractivity (Wildman–Crippen MR) is 83.6 cm³/mol. The summed E-state index contributed by atoms with van der Waals surface area (Å²) in [4.78, 5) is 25.9. The van der Waals surface area contributed by atoms with Crippen LogP contribution in [0.2, 0.25) is 0 Å². The minimum absolute atomic E-state index is 0.0366. The molecule has 0 aliphatic carbocycles. The lowest BCUT2D eigenvalue weighted by molar-refractivity contribution is 0.246. The van der Waals surface area contributed by atoms with Crippen molar-refractivity contribution in [3.63, 3.8) is 0 Å². The van der Waals surface area contributed by atoms with Crippen LogP contribution >= 0.6 is 0 Å². The SMILES string of the molecule is O=C(Nc1cccnc1F)NC1CCCN(c2cnccn2)C1. The van der Waals surface area contributed by atoms with Crippen molar-refractivity contribution in [1.82, 2.24) is 20.3 Å². The van der Waals surface area contributed by atoms with E-state index in [1.807, 2.05) is 0 Å². The Morgan fingerprint density at radius 2 is 2.22 bits per heavy atom. The molecule has 1 unspecified atom stereocenters. The molecule has 1 atom stereocenters. The van der Waals surface area contributed by atoms with Crippen molar-refractivity contribution in [2.75, 3.05) is 23.3 Å². The van der Waals surface area contributed by atoms with Crippen LogP contribution in [0.5, 0.6) is 0 Å². The molecule has 0 aromatic carbocycles. The van der Waals surface area contributed by atoms with E-state index in [2.05, 4.69) is 30.5 Å². The molecule has 1 aliphatic heterocycles.